The lowest BCUT2D eigenvalue weighted by molar-refractivity contribution is -0.137. The van der Waals surface area contributed by atoms with Gasteiger partial charge in [-0.25, -0.2) is 4.79 Å². The fourth-order valence-corrected chi connectivity index (χ4v) is 4.12. The van der Waals surface area contributed by atoms with Gasteiger partial charge in [-0.2, -0.15) is 5.10 Å². The summed E-state index contributed by atoms with van der Waals surface area (Å²) < 4.78 is 6.83. The number of carboxylic acids is 1. The van der Waals surface area contributed by atoms with Gasteiger partial charge in [-0.15, -0.1) is 6.42 Å². The van der Waals surface area contributed by atoms with E-state index < -0.39 is 24.5 Å². The number of carboxylic acid groups (broad SMARTS) is 1. The van der Waals surface area contributed by atoms with E-state index in [9.17, 15) is 14.4 Å². The molecule has 9 nitrogen and oxygen atoms in total. The van der Waals surface area contributed by atoms with Gasteiger partial charge < -0.3 is 14.7 Å². The molecule has 0 spiro atoms. The van der Waals surface area contributed by atoms with Gasteiger partial charge in [0.1, 0.15) is 24.5 Å². The summed E-state index contributed by atoms with van der Waals surface area (Å²) in [6, 6.07) is 16.0. The van der Waals surface area contributed by atoms with Crippen molar-refractivity contribution in [2.75, 3.05) is 25.0 Å². The zero-order valence-corrected chi connectivity index (χ0v) is 18.4. The van der Waals surface area contributed by atoms with Gasteiger partial charge in [0.05, 0.1) is 12.7 Å². The van der Waals surface area contributed by atoms with Gasteiger partial charge in [0.2, 0.25) is 0 Å². The lowest BCUT2D eigenvalue weighted by atomic mass is 9.98. The van der Waals surface area contributed by atoms with Crippen LogP contribution in [0.25, 0.3) is 11.1 Å². The molecule has 1 aromatic heterocycles. The van der Waals surface area contributed by atoms with Crippen LogP contribution in [0.2, 0.25) is 0 Å². The minimum absolute atomic E-state index is 0.00695. The number of carbonyl (C=O) groups is 3. The van der Waals surface area contributed by atoms with E-state index in [1.165, 1.54) is 10.9 Å². The van der Waals surface area contributed by atoms with Crippen molar-refractivity contribution in [3.63, 3.8) is 0 Å². The van der Waals surface area contributed by atoms with Crippen molar-refractivity contribution in [3.8, 4) is 23.5 Å². The maximum Gasteiger partial charge on any atom is 0.412 e. The van der Waals surface area contributed by atoms with Gasteiger partial charge in [-0.1, -0.05) is 54.5 Å². The van der Waals surface area contributed by atoms with Crippen LogP contribution in [0, 0.1) is 12.3 Å². The van der Waals surface area contributed by atoms with Gasteiger partial charge in [-0.3, -0.25) is 19.6 Å². The molecule has 34 heavy (non-hydrogen) atoms. The minimum atomic E-state index is -1.21. The van der Waals surface area contributed by atoms with E-state index >= 15 is 0 Å². The number of amides is 2. The lowest BCUT2D eigenvalue weighted by Gasteiger charge is -2.18. The van der Waals surface area contributed by atoms with E-state index in [0.29, 0.717) is 0 Å². The number of rotatable bonds is 7. The van der Waals surface area contributed by atoms with Crippen LogP contribution >= 0.6 is 0 Å². The third-order valence-electron chi connectivity index (χ3n) is 5.63. The number of anilines is 1. The number of hydrogen-bond acceptors (Lipinski definition) is 5. The van der Waals surface area contributed by atoms with Crippen LogP contribution in [0.1, 0.15) is 27.4 Å². The fourth-order valence-electron chi connectivity index (χ4n) is 4.12. The van der Waals surface area contributed by atoms with Crippen molar-refractivity contribution in [3.05, 3.63) is 71.4 Å². The summed E-state index contributed by atoms with van der Waals surface area (Å²) in [5.74, 6) is 0.347. The Kier molecular flexibility index (Phi) is 6.32. The fraction of sp³-hybridized carbons (Fsp3) is 0.200. The van der Waals surface area contributed by atoms with E-state index in [-0.39, 0.29) is 30.5 Å². The number of fused-ring (bicyclic) bond motifs is 3. The normalized spacial score (nSPS) is 11.8. The van der Waals surface area contributed by atoms with Gasteiger partial charge in [0.15, 0.2) is 0 Å². The molecule has 0 radical (unpaired) electrons. The molecule has 172 valence electrons. The molecule has 0 fully saturated rings. The molecule has 0 atom stereocenters. The molecule has 1 aliphatic rings. The smallest absolute Gasteiger partial charge is 0.412 e. The number of hydrogen-bond donors (Lipinski definition) is 2. The lowest BCUT2D eigenvalue weighted by Crippen LogP contribution is -2.36. The second-order valence-corrected chi connectivity index (χ2v) is 7.74. The van der Waals surface area contributed by atoms with Crippen LogP contribution < -0.4 is 5.32 Å². The molecule has 0 saturated carbocycles. The minimum Gasteiger partial charge on any atom is -0.480 e. The average molecular weight is 458 g/mol. The SMILES string of the molecule is C#CCN(CC(=O)O)C(=O)c1cnn(C)c1NC(=O)OCC1c2ccccc2-c2ccccc21. The highest BCUT2D eigenvalue weighted by Crippen LogP contribution is 2.44. The third-order valence-corrected chi connectivity index (χ3v) is 5.63. The molecule has 0 aliphatic heterocycles. The van der Waals surface area contributed by atoms with Crippen LogP contribution in [-0.4, -0.2) is 57.5 Å². The molecule has 1 aliphatic carbocycles. The second kappa shape index (κ2) is 9.50. The molecular weight excluding hydrogens is 436 g/mol. The van der Waals surface area contributed by atoms with Gasteiger partial charge in [0.25, 0.3) is 5.91 Å². The van der Waals surface area contributed by atoms with Crippen LogP contribution in [0.3, 0.4) is 0 Å². The highest BCUT2D eigenvalue weighted by atomic mass is 16.5. The molecule has 0 unspecified atom stereocenters. The van der Waals surface area contributed by atoms with Gasteiger partial charge in [-0.05, 0) is 22.3 Å². The highest BCUT2D eigenvalue weighted by Gasteiger charge is 2.30. The Morgan fingerprint density at radius 1 is 1.15 bits per heavy atom. The summed E-state index contributed by atoms with van der Waals surface area (Å²) >= 11 is 0. The Hall–Kier alpha value is -4.58. The third kappa shape index (κ3) is 4.34. The molecule has 2 amide bonds. The summed E-state index contributed by atoms with van der Waals surface area (Å²) in [6.07, 6.45) is 5.74. The number of aromatic nitrogens is 2. The van der Waals surface area contributed by atoms with Crippen molar-refractivity contribution in [2.24, 2.45) is 7.05 Å². The van der Waals surface area contributed by atoms with E-state index in [1.807, 2.05) is 48.5 Å². The quantitative estimate of drug-likeness (QED) is 0.527. The van der Waals surface area contributed by atoms with Crippen LogP contribution in [0.4, 0.5) is 10.6 Å². The van der Waals surface area contributed by atoms with Crippen molar-refractivity contribution >= 4 is 23.8 Å². The summed E-state index contributed by atoms with van der Waals surface area (Å²) in [5.41, 5.74) is 4.38. The summed E-state index contributed by atoms with van der Waals surface area (Å²) in [5, 5.41) is 15.6. The zero-order valence-electron chi connectivity index (χ0n) is 18.4. The average Bonchev–Trinajstić information content (AvgIpc) is 3.34. The standard InChI is InChI=1S/C25H22N4O5/c1-3-12-29(14-22(30)31)24(32)20-13-26-28(2)23(20)27-25(33)34-15-21-18-10-6-4-8-16(18)17-9-5-7-11-19(17)21/h1,4-11,13,21H,12,14-15H2,2H3,(H,27,33)(H,30,31). The van der Waals surface area contributed by atoms with Crippen molar-refractivity contribution < 1.29 is 24.2 Å². The van der Waals surface area contributed by atoms with E-state index in [1.54, 1.807) is 7.05 Å². The van der Waals surface area contributed by atoms with Crippen molar-refractivity contribution in [1.29, 1.82) is 0 Å². The summed E-state index contributed by atoms with van der Waals surface area (Å²) in [6.45, 7) is -0.685. The number of aryl methyl sites for hydroxylation is 1. The number of ether oxygens (including phenoxy) is 1. The molecule has 2 aromatic carbocycles. The first-order valence-electron chi connectivity index (χ1n) is 10.5. The van der Waals surface area contributed by atoms with Crippen molar-refractivity contribution in [1.82, 2.24) is 14.7 Å². The monoisotopic (exact) mass is 458 g/mol. The molecular formula is C25H22N4O5. The molecule has 4 rings (SSSR count). The van der Waals surface area contributed by atoms with E-state index in [0.717, 1.165) is 27.2 Å². The largest absolute Gasteiger partial charge is 0.480 e. The second-order valence-electron chi connectivity index (χ2n) is 7.74. The first kappa shape index (κ1) is 22.6. The topological polar surface area (TPSA) is 114 Å². The Balaban J connectivity index is 1.49. The van der Waals surface area contributed by atoms with Gasteiger partial charge in [0, 0.05) is 13.0 Å². The predicted molar refractivity (Wildman–Crippen MR) is 124 cm³/mol. The first-order valence-corrected chi connectivity index (χ1v) is 10.5. The first-order chi connectivity index (χ1) is 16.4. The van der Waals surface area contributed by atoms with Crippen LogP contribution in [0.5, 0.6) is 0 Å². The van der Waals surface area contributed by atoms with Crippen LogP contribution in [0.15, 0.2) is 54.7 Å². The number of carbonyl (C=O) groups excluding carboxylic acids is 2. The number of benzene rings is 2. The van der Waals surface area contributed by atoms with Crippen molar-refractivity contribution in [2.45, 2.75) is 5.92 Å². The Bertz CT molecular complexity index is 1260. The van der Waals surface area contributed by atoms with E-state index in [4.69, 9.17) is 16.3 Å². The Labute approximate surface area is 195 Å². The molecule has 1 heterocycles. The predicted octanol–water partition coefficient (Wildman–Crippen LogP) is 2.94. The summed E-state index contributed by atoms with van der Waals surface area (Å²) in [4.78, 5) is 37.6. The van der Waals surface area contributed by atoms with Gasteiger partial charge >= 0.3 is 12.1 Å². The maximum atomic E-state index is 12.8. The number of nitrogens with one attached hydrogen (secondary N) is 1. The highest BCUT2D eigenvalue weighted by molar-refractivity contribution is 6.02. The molecule has 9 heteroatoms. The molecule has 0 saturated heterocycles. The van der Waals surface area contributed by atoms with E-state index in [2.05, 4.69) is 16.3 Å². The zero-order chi connectivity index (χ0) is 24.2. The summed E-state index contributed by atoms with van der Waals surface area (Å²) in [7, 11) is 1.54. The number of aliphatic carboxylic acids is 1. The molecule has 0 bridgehead atoms. The maximum absolute atomic E-state index is 12.8. The Morgan fingerprint density at radius 2 is 1.76 bits per heavy atom. The number of terminal acetylenes is 1. The molecule has 2 N–H and O–H groups in total. The van der Waals surface area contributed by atoms with Crippen LogP contribution in [-0.2, 0) is 16.6 Å². The Morgan fingerprint density at radius 3 is 2.35 bits per heavy atom. The molecule has 3 aromatic rings. The number of nitrogens with zero attached hydrogens (tertiary/aromatic N) is 3.